The van der Waals surface area contributed by atoms with Crippen LogP contribution in [0.4, 0.5) is 10.5 Å². The first kappa shape index (κ1) is 16.8. The van der Waals surface area contributed by atoms with Crippen LogP contribution in [-0.4, -0.2) is 47.0 Å². The first-order valence-electron chi connectivity index (χ1n) is 7.46. The zero-order chi connectivity index (χ0) is 17.0. The number of hydrogen-bond donors (Lipinski definition) is 3. The summed E-state index contributed by atoms with van der Waals surface area (Å²) in [6, 6.07) is 7.70. The van der Waals surface area contributed by atoms with Crippen LogP contribution < -0.4 is 10.6 Å². The number of carboxylic acids is 1. The number of carboxylic acid groups (broad SMARTS) is 1. The van der Waals surface area contributed by atoms with Gasteiger partial charge in [0, 0.05) is 18.8 Å². The molecule has 1 aromatic rings. The quantitative estimate of drug-likeness (QED) is 0.783. The third-order valence-electron chi connectivity index (χ3n) is 4.05. The normalized spacial score (nSPS) is 21.6. The van der Waals surface area contributed by atoms with Gasteiger partial charge in [-0.2, -0.15) is 0 Å². The van der Waals surface area contributed by atoms with Gasteiger partial charge in [0.25, 0.3) is 0 Å². The molecular weight excluding hydrogens is 298 g/mol. The number of nitrogens with one attached hydrogen (secondary N) is 2. The smallest absolute Gasteiger partial charge is 0.319 e. The topological polar surface area (TPSA) is 98.7 Å². The number of nitrogens with zero attached hydrogens (tertiary/aromatic N) is 1. The van der Waals surface area contributed by atoms with Gasteiger partial charge < -0.3 is 20.6 Å². The van der Waals surface area contributed by atoms with Crippen molar-refractivity contribution in [3.05, 3.63) is 30.3 Å². The molecule has 0 bridgehead atoms. The predicted octanol–water partition coefficient (Wildman–Crippen LogP) is 1.52. The summed E-state index contributed by atoms with van der Waals surface area (Å²) in [6.07, 6.45) is 0.414. The predicted molar refractivity (Wildman–Crippen MR) is 85.0 cm³/mol. The molecule has 2 atom stereocenters. The maximum absolute atomic E-state index is 12.3. The number of carbonyl (C=O) groups excluding carboxylic acids is 2. The highest BCUT2D eigenvalue weighted by atomic mass is 16.4. The molecule has 0 aromatic heterocycles. The number of carbonyl (C=O) groups is 3. The maximum atomic E-state index is 12.3. The van der Waals surface area contributed by atoms with E-state index in [1.165, 1.54) is 4.90 Å². The summed E-state index contributed by atoms with van der Waals surface area (Å²) in [7, 11) is 0. The number of hydrogen-bond acceptors (Lipinski definition) is 3. The molecule has 0 aliphatic carbocycles. The SMILES string of the molecule is CC(NC(=O)Nc1ccccc1)C(=O)N1CCC(C)(C(=O)O)C1. The van der Waals surface area contributed by atoms with Crippen LogP contribution in [0.1, 0.15) is 20.3 Å². The highest BCUT2D eigenvalue weighted by Crippen LogP contribution is 2.30. The highest BCUT2D eigenvalue weighted by molar-refractivity contribution is 5.93. The summed E-state index contributed by atoms with van der Waals surface area (Å²) in [5.74, 6) is -1.19. The molecule has 1 aromatic carbocycles. The summed E-state index contributed by atoms with van der Waals surface area (Å²) < 4.78 is 0. The Hall–Kier alpha value is -2.57. The van der Waals surface area contributed by atoms with Gasteiger partial charge in [-0.05, 0) is 32.4 Å². The Morgan fingerprint density at radius 3 is 2.48 bits per heavy atom. The van der Waals surface area contributed by atoms with Gasteiger partial charge in [0.05, 0.1) is 5.41 Å². The van der Waals surface area contributed by atoms with Crippen molar-refractivity contribution in [3.63, 3.8) is 0 Å². The number of likely N-dealkylation sites (tertiary alicyclic amines) is 1. The number of benzene rings is 1. The second kappa shape index (κ2) is 6.68. The fraction of sp³-hybridized carbons (Fsp3) is 0.438. The number of aliphatic carboxylic acids is 1. The van der Waals surface area contributed by atoms with E-state index >= 15 is 0 Å². The van der Waals surface area contributed by atoms with Gasteiger partial charge in [0.1, 0.15) is 6.04 Å². The largest absolute Gasteiger partial charge is 0.481 e. The van der Waals surface area contributed by atoms with Crippen LogP contribution in [-0.2, 0) is 9.59 Å². The van der Waals surface area contributed by atoms with E-state index in [1.807, 2.05) is 6.07 Å². The van der Waals surface area contributed by atoms with Crippen LogP contribution in [0.2, 0.25) is 0 Å². The Bertz CT molecular complexity index is 605. The zero-order valence-corrected chi connectivity index (χ0v) is 13.2. The lowest BCUT2D eigenvalue weighted by atomic mass is 9.90. The second-order valence-electron chi connectivity index (χ2n) is 6.06. The van der Waals surface area contributed by atoms with Crippen LogP contribution in [0.5, 0.6) is 0 Å². The van der Waals surface area contributed by atoms with E-state index in [9.17, 15) is 19.5 Å². The molecule has 3 N–H and O–H groups in total. The van der Waals surface area contributed by atoms with Crippen LogP contribution in [0.3, 0.4) is 0 Å². The third-order valence-corrected chi connectivity index (χ3v) is 4.05. The number of anilines is 1. The van der Waals surface area contributed by atoms with E-state index in [0.29, 0.717) is 18.7 Å². The molecule has 0 spiro atoms. The standard InChI is InChI=1S/C16H21N3O4/c1-11(17-15(23)18-12-6-4-3-5-7-12)13(20)19-9-8-16(2,10-19)14(21)22/h3-7,11H,8-10H2,1-2H3,(H,21,22)(H2,17,18,23). The average molecular weight is 319 g/mol. The van der Waals surface area contributed by atoms with Crippen LogP contribution >= 0.6 is 0 Å². The van der Waals surface area contributed by atoms with Crippen molar-refractivity contribution in [2.24, 2.45) is 5.41 Å². The molecule has 3 amide bonds. The lowest BCUT2D eigenvalue weighted by Gasteiger charge is -2.23. The fourth-order valence-electron chi connectivity index (χ4n) is 2.54. The highest BCUT2D eigenvalue weighted by Gasteiger charge is 2.42. The monoisotopic (exact) mass is 319 g/mol. The number of rotatable bonds is 4. The van der Waals surface area contributed by atoms with Gasteiger partial charge in [-0.25, -0.2) is 4.79 Å². The minimum absolute atomic E-state index is 0.160. The first-order valence-corrected chi connectivity index (χ1v) is 7.46. The molecule has 0 saturated carbocycles. The van der Waals surface area contributed by atoms with Crippen LogP contribution in [0.15, 0.2) is 30.3 Å². The van der Waals surface area contributed by atoms with E-state index in [2.05, 4.69) is 10.6 Å². The van der Waals surface area contributed by atoms with Crippen molar-refractivity contribution in [2.75, 3.05) is 18.4 Å². The third kappa shape index (κ3) is 4.00. The van der Waals surface area contributed by atoms with Gasteiger partial charge in [0.15, 0.2) is 0 Å². The van der Waals surface area contributed by atoms with Crippen LogP contribution in [0.25, 0.3) is 0 Å². The number of urea groups is 1. The molecule has 1 fully saturated rings. The van der Waals surface area contributed by atoms with Gasteiger partial charge in [0.2, 0.25) is 5.91 Å². The van der Waals surface area contributed by atoms with E-state index in [4.69, 9.17) is 0 Å². The molecule has 1 aliphatic heterocycles. The Morgan fingerprint density at radius 2 is 1.91 bits per heavy atom. The zero-order valence-electron chi connectivity index (χ0n) is 13.2. The van der Waals surface area contributed by atoms with E-state index < -0.39 is 23.5 Å². The van der Waals surface area contributed by atoms with Crippen molar-refractivity contribution >= 4 is 23.6 Å². The van der Waals surface area contributed by atoms with Gasteiger partial charge >= 0.3 is 12.0 Å². The molecule has 1 aliphatic rings. The van der Waals surface area contributed by atoms with E-state index in [1.54, 1.807) is 38.1 Å². The van der Waals surface area contributed by atoms with Crippen molar-refractivity contribution in [1.29, 1.82) is 0 Å². The fourth-order valence-corrected chi connectivity index (χ4v) is 2.54. The summed E-state index contributed by atoms with van der Waals surface area (Å²) in [6.45, 7) is 3.76. The first-order chi connectivity index (χ1) is 10.8. The summed E-state index contributed by atoms with van der Waals surface area (Å²) >= 11 is 0. The minimum Gasteiger partial charge on any atom is -0.481 e. The van der Waals surface area contributed by atoms with Crippen molar-refractivity contribution in [2.45, 2.75) is 26.3 Å². The second-order valence-corrected chi connectivity index (χ2v) is 6.06. The Morgan fingerprint density at radius 1 is 1.26 bits per heavy atom. The van der Waals surface area contributed by atoms with Crippen LogP contribution in [0, 0.1) is 5.41 Å². The van der Waals surface area contributed by atoms with Gasteiger partial charge in [-0.15, -0.1) is 0 Å². The number of amides is 3. The minimum atomic E-state index is -0.915. The maximum Gasteiger partial charge on any atom is 0.319 e. The lowest BCUT2D eigenvalue weighted by molar-refractivity contribution is -0.147. The molecule has 7 nitrogen and oxygen atoms in total. The molecule has 1 saturated heterocycles. The number of para-hydroxylation sites is 1. The molecule has 0 radical (unpaired) electrons. The molecule has 23 heavy (non-hydrogen) atoms. The van der Waals surface area contributed by atoms with Gasteiger partial charge in [-0.1, -0.05) is 18.2 Å². The molecule has 7 heteroatoms. The van der Waals surface area contributed by atoms with Crippen molar-refractivity contribution in [3.8, 4) is 0 Å². The molecule has 2 unspecified atom stereocenters. The summed E-state index contributed by atoms with van der Waals surface area (Å²) in [4.78, 5) is 36.9. The molecule has 2 rings (SSSR count). The molecular formula is C16H21N3O4. The Balaban J connectivity index is 1.88. The summed E-state index contributed by atoms with van der Waals surface area (Å²) in [5.41, 5.74) is -0.286. The van der Waals surface area contributed by atoms with E-state index in [0.717, 1.165) is 0 Å². The van der Waals surface area contributed by atoms with Crippen molar-refractivity contribution < 1.29 is 19.5 Å². The molecule has 1 heterocycles. The average Bonchev–Trinajstić information content (AvgIpc) is 2.91. The Kier molecular flexibility index (Phi) is 4.88. The summed E-state index contributed by atoms with van der Waals surface area (Å²) in [5, 5.41) is 14.4. The Labute approximate surface area is 134 Å². The van der Waals surface area contributed by atoms with E-state index in [-0.39, 0.29) is 12.5 Å². The molecule has 124 valence electrons. The van der Waals surface area contributed by atoms with Gasteiger partial charge in [-0.3, -0.25) is 9.59 Å². The lowest BCUT2D eigenvalue weighted by Crippen LogP contribution is -2.48. The van der Waals surface area contributed by atoms with Crippen molar-refractivity contribution in [1.82, 2.24) is 10.2 Å².